The summed E-state index contributed by atoms with van der Waals surface area (Å²) in [5.74, 6) is -0.192. The molecule has 0 aliphatic rings. The Morgan fingerprint density at radius 2 is 1.72 bits per heavy atom. The lowest BCUT2D eigenvalue weighted by atomic mass is 9.80. The normalized spacial score (nSPS) is 14.1. The Morgan fingerprint density at radius 1 is 1.07 bits per heavy atom. The molecule has 0 spiro atoms. The summed E-state index contributed by atoms with van der Waals surface area (Å²) < 4.78 is 48.5. The zero-order valence-corrected chi connectivity index (χ0v) is 16.4. The van der Waals surface area contributed by atoms with E-state index in [1.165, 1.54) is 29.5 Å². The highest BCUT2D eigenvalue weighted by Crippen LogP contribution is 2.42. The van der Waals surface area contributed by atoms with E-state index < -0.39 is 23.3 Å². The second-order valence-corrected chi connectivity index (χ2v) is 7.37. The number of aromatic nitrogens is 3. The molecule has 1 heterocycles. The van der Waals surface area contributed by atoms with Gasteiger partial charge in [0, 0.05) is 5.02 Å². The fourth-order valence-electron chi connectivity index (χ4n) is 2.98. The molecule has 1 atom stereocenters. The van der Waals surface area contributed by atoms with Gasteiger partial charge in [-0.15, -0.1) is 0 Å². The fourth-order valence-corrected chi connectivity index (χ4v) is 3.10. The van der Waals surface area contributed by atoms with Crippen LogP contribution in [0.2, 0.25) is 5.02 Å². The van der Waals surface area contributed by atoms with Crippen LogP contribution in [0.25, 0.3) is 0 Å². The summed E-state index contributed by atoms with van der Waals surface area (Å²) in [4.78, 5) is 3.79. The van der Waals surface area contributed by atoms with Crippen LogP contribution < -0.4 is 4.74 Å². The Labute approximate surface area is 170 Å². The SMILES string of the molecule is CC(C)[C@](O)(Cn1cncn1)c1ccc(Oc2ccc(Cl)cc2)cc1C(F)(F)F. The first-order chi connectivity index (χ1) is 13.6. The lowest BCUT2D eigenvalue weighted by Crippen LogP contribution is -2.39. The molecule has 0 saturated carbocycles. The van der Waals surface area contributed by atoms with Crippen molar-refractivity contribution in [3.63, 3.8) is 0 Å². The molecule has 0 radical (unpaired) electrons. The highest BCUT2D eigenvalue weighted by Gasteiger charge is 2.43. The summed E-state index contributed by atoms with van der Waals surface area (Å²) in [6, 6.07) is 9.78. The average molecular weight is 426 g/mol. The van der Waals surface area contributed by atoms with E-state index in [4.69, 9.17) is 16.3 Å². The maximum Gasteiger partial charge on any atom is 0.416 e. The number of rotatable bonds is 6. The van der Waals surface area contributed by atoms with Gasteiger partial charge in [-0.3, -0.25) is 0 Å². The summed E-state index contributed by atoms with van der Waals surface area (Å²) in [6.45, 7) is 3.12. The Bertz CT molecular complexity index is 960. The zero-order chi connectivity index (χ0) is 21.2. The van der Waals surface area contributed by atoms with Gasteiger partial charge in [0.25, 0.3) is 0 Å². The Balaban J connectivity index is 2.04. The molecule has 0 bridgehead atoms. The zero-order valence-electron chi connectivity index (χ0n) is 15.7. The fraction of sp³-hybridized carbons (Fsp3) is 0.300. The molecule has 154 valence electrons. The van der Waals surface area contributed by atoms with E-state index in [1.807, 2.05) is 0 Å². The van der Waals surface area contributed by atoms with Crippen LogP contribution in [0.4, 0.5) is 13.2 Å². The number of halogens is 4. The van der Waals surface area contributed by atoms with Crippen LogP contribution in [0, 0.1) is 5.92 Å². The van der Waals surface area contributed by atoms with Gasteiger partial charge in [0.05, 0.1) is 12.1 Å². The Kier molecular flexibility index (Phi) is 5.86. The molecule has 0 aliphatic heterocycles. The first-order valence-electron chi connectivity index (χ1n) is 8.79. The summed E-state index contributed by atoms with van der Waals surface area (Å²) in [7, 11) is 0. The van der Waals surface area contributed by atoms with Crippen molar-refractivity contribution in [2.24, 2.45) is 5.92 Å². The lowest BCUT2D eigenvalue weighted by Gasteiger charge is -2.34. The van der Waals surface area contributed by atoms with Gasteiger partial charge in [0.15, 0.2) is 0 Å². The van der Waals surface area contributed by atoms with Crippen LogP contribution in [0.1, 0.15) is 25.0 Å². The molecule has 0 aliphatic carbocycles. The minimum Gasteiger partial charge on any atom is -0.457 e. The van der Waals surface area contributed by atoms with E-state index in [0.717, 1.165) is 6.07 Å². The third kappa shape index (κ3) is 4.71. The smallest absolute Gasteiger partial charge is 0.416 e. The molecular weight excluding hydrogens is 407 g/mol. The molecule has 5 nitrogen and oxygen atoms in total. The van der Waals surface area contributed by atoms with E-state index in [-0.39, 0.29) is 17.9 Å². The topological polar surface area (TPSA) is 60.2 Å². The molecule has 1 N–H and O–H groups in total. The number of benzene rings is 2. The van der Waals surface area contributed by atoms with Gasteiger partial charge in [-0.25, -0.2) is 9.67 Å². The molecule has 3 rings (SSSR count). The number of hydrogen-bond acceptors (Lipinski definition) is 4. The van der Waals surface area contributed by atoms with Gasteiger partial charge in [-0.2, -0.15) is 18.3 Å². The molecular formula is C20H19ClF3N3O2. The van der Waals surface area contributed by atoms with Crippen molar-refractivity contribution in [2.75, 3.05) is 0 Å². The third-order valence-electron chi connectivity index (χ3n) is 4.64. The average Bonchev–Trinajstić information content (AvgIpc) is 3.15. The number of nitrogens with zero attached hydrogens (tertiary/aromatic N) is 3. The summed E-state index contributed by atoms with van der Waals surface area (Å²) in [6.07, 6.45) is -2.09. The van der Waals surface area contributed by atoms with E-state index >= 15 is 0 Å². The second kappa shape index (κ2) is 8.04. The van der Waals surface area contributed by atoms with Gasteiger partial charge in [0.2, 0.25) is 0 Å². The summed E-state index contributed by atoms with van der Waals surface area (Å²) >= 11 is 5.81. The van der Waals surface area contributed by atoms with Crippen molar-refractivity contribution in [2.45, 2.75) is 32.2 Å². The van der Waals surface area contributed by atoms with Gasteiger partial charge in [-0.05, 0) is 47.9 Å². The summed E-state index contributed by atoms with van der Waals surface area (Å²) in [5.41, 5.74) is -3.04. The van der Waals surface area contributed by atoms with Crippen LogP contribution in [0.3, 0.4) is 0 Å². The van der Waals surface area contributed by atoms with Crippen LogP contribution in [0.5, 0.6) is 11.5 Å². The minimum absolute atomic E-state index is 0.00439. The van der Waals surface area contributed by atoms with E-state index in [2.05, 4.69) is 10.1 Å². The van der Waals surface area contributed by atoms with Crippen LogP contribution in [-0.4, -0.2) is 19.9 Å². The number of aliphatic hydroxyl groups is 1. The molecule has 2 aromatic carbocycles. The maximum absolute atomic E-state index is 13.9. The van der Waals surface area contributed by atoms with Crippen molar-refractivity contribution in [3.05, 3.63) is 71.3 Å². The van der Waals surface area contributed by atoms with Crippen molar-refractivity contribution in [3.8, 4) is 11.5 Å². The predicted octanol–water partition coefficient (Wildman–Crippen LogP) is 5.29. The molecule has 3 aromatic rings. The lowest BCUT2D eigenvalue weighted by molar-refractivity contribution is -0.142. The van der Waals surface area contributed by atoms with Crippen LogP contribution in [0.15, 0.2) is 55.1 Å². The van der Waals surface area contributed by atoms with Gasteiger partial charge in [-0.1, -0.05) is 31.5 Å². The quantitative estimate of drug-likeness (QED) is 0.583. The largest absolute Gasteiger partial charge is 0.457 e. The van der Waals surface area contributed by atoms with Crippen LogP contribution in [-0.2, 0) is 18.3 Å². The van der Waals surface area contributed by atoms with Gasteiger partial charge >= 0.3 is 6.18 Å². The highest BCUT2D eigenvalue weighted by atomic mass is 35.5. The van der Waals surface area contributed by atoms with E-state index in [0.29, 0.717) is 10.8 Å². The Hall–Kier alpha value is -2.58. The van der Waals surface area contributed by atoms with Crippen molar-refractivity contribution in [1.82, 2.24) is 14.8 Å². The van der Waals surface area contributed by atoms with E-state index in [1.54, 1.807) is 38.1 Å². The molecule has 29 heavy (non-hydrogen) atoms. The molecule has 0 saturated heterocycles. The Morgan fingerprint density at radius 3 is 2.28 bits per heavy atom. The maximum atomic E-state index is 13.9. The van der Waals surface area contributed by atoms with Gasteiger partial charge in [0.1, 0.15) is 29.8 Å². The monoisotopic (exact) mass is 425 g/mol. The number of alkyl halides is 3. The first kappa shape index (κ1) is 21.1. The second-order valence-electron chi connectivity index (χ2n) is 6.93. The van der Waals surface area contributed by atoms with Crippen molar-refractivity contribution in [1.29, 1.82) is 0 Å². The third-order valence-corrected chi connectivity index (χ3v) is 4.89. The van der Waals surface area contributed by atoms with E-state index in [9.17, 15) is 18.3 Å². The molecule has 0 fully saturated rings. The predicted molar refractivity (Wildman–Crippen MR) is 102 cm³/mol. The van der Waals surface area contributed by atoms with Crippen molar-refractivity contribution >= 4 is 11.6 Å². The molecule has 0 amide bonds. The minimum atomic E-state index is -4.69. The molecule has 1 aromatic heterocycles. The highest BCUT2D eigenvalue weighted by molar-refractivity contribution is 6.30. The van der Waals surface area contributed by atoms with Crippen molar-refractivity contribution < 1.29 is 23.0 Å². The number of hydrogen-bond donors (Lipinski definition) is 1. The summed E-state index contributed by atoms with van der Waals surface area (Å²) in [5, 5.41) is 15.6. The number of ether oxygens (including phenoxy) is 1. The van der Waals surface area contributed by atoms with Gasteiger partial charge < -0.3 is 9.84 Å². The van der Waals surface area contributed by atoms with Crippen LogP contribution >= 0.6 is 11.6 Å². The molecule has 0 unspecified atom stereocenters. The molecule has 9 heteroatoms. The standard InChI is InChI=1S/C20H19ClF3N3O2/c1-13(2)19(28,10-27-12-25-11-26-27)17-8-7-16(9-18(17)20(22,23)24)29-15-5-3-14(21)4-6-15/h3-9,11-13,28H,10H2,1-2H3/t19-/m1/s1. The first-order valence-corrected chi connectivity index (χ1v) is 9.17.